The maximum Gasteiger partial charge on any atom is 0.310 e. The molecule has 2 aromatic carbocycles. The minimum absolute atomic E-state index is 0.206. The normalized spacial score (nSPS) is 16.3. The quantitative estimate of drug-likeness (QED) is 0.594. The van der Waals surface area contributed by atoms with Crippen LogP contribution in [-0.2, 0) is 9.53 Å². The van der Waals surface area contributed by atoms with Crippen molar-refractivity contribution in [3.8, 4) is 0 Å². The van der Waals surface area contributed by atoms with Crippen LogP contribution in [0.15, 0.2) is 48.5 Å². The topological polar surface area (TPSA) is 26.3 Å². The van der Waals surface area contributed by atoms with Gasteiger partial charge in [0.15, 0.2) is 0 Å². The van der Waals surface area contributed by atoms with Gasteiger partial charge in [0.05, 0.1) is 12.5 Å². The van der Waals surface area contributed by atoms with E-state index in [9.17, 15) is 13.6 Å². The van der Waals surface area contributed by atoms with Crippen LogP contribution in [0.1, 0.15) is 56.1 Å². The molecular weight excluding hydrogens is 346 g/mol. The number of rotatable bonds is 6. The fraction of sp³-hybridized carbons (Fsp3) is 0.435. The first kappa shape index (κ1) is 19.5. The largest absolute Gasteiger partial charge is 0.466 e. The summed E-state index contributed by atoms with van der Waals surface area (Å²) >= 11 is 0. The van der Waals surface area contributed by atoms with Gasteiger partial charge in [-0.25, -0.2) is 8.78 Å². The summed E-state index contributed by atoms with van der Waals surface area (Å²) in [5, 5.41) is 0. The van der Waals surface area contributed by atoms with Gasteiger partial charge in [0.1, 0.15) is 11.6 Å². The van der Waals surface area contributed by atoms with Crippen LogP contribution in [0.25, 0.3) is 0 Å². The second kappa shape index (κ2) is 9.12. The first-order valence-electron chi connectivity index (χ1n) is 9.77. The molecule has 0 amide bonds. The van der Waals surface area contributed by atoms with Gasteiger partial charge in [-0.05, 0) is 61.1 Å². The summed E-state index contributed by atoms with van der Waals surface area (Å²) in [4.78, 5) is 13.0. The van der Waals surface area contributed by atoms with Gasteiger partial charge in [0, 0.05) is 5.92 Å². The van der Waals surface area contributed by atoms with Crippen LogP contribution in [-0.4, -0.2) is 12.6 Å². The molecule has 1 aliphatic rings. The van der Waals surface area contributed by atoms with Crippen molar-refractivity contribution in [3.63, 3.8) is 0 Å². The highest BCUT2D eigenvalue weighted by atomic mass is 19.1. The third-order valence-electron chi connectivity index (χ3n) is 5.53. The van der Waals surface area contributed by atoms with Crippen molar-refractivity contribution in [2.75, 3.05) is 6.61 Å². The lowest BCUT2D eigenvalue weighted by Crippen LogP contribution is -2.33. The van der Waals surface area contributed by atoms with E-state index >= 15 is 0 Å². The molecule has 1 atom stereocenters. The van der Waals surface area contributed by atoms with Crippen molar-refractivity contribution in [1.29, 1.82) is 0 Å². The van der Waals surface area contributed by atoms with Gasteiger partial charge in [-0.15, -0.1) is 0 Å². The predicted molar refractivity (Wildman–Crippen MR) is 101 cm³/mol. The highest BCUT2D eigenvalue weighted by Crippen LogP contribution is 2.42. The van der Waals surface area contributed by atoms with Crippen LogP contribution in [0.5, 0.6) is 0 Å². The minimum Gasteiger partial charge on any atom is -0.466 e. The molecule has 144 valence electrons. The summed E-state index contributed by atoms with van der Waals surface area (Å²) in [6.07, 6.45) is 5.33. The number of hydrogen-bond donors (Lipinski definition) is 0. The summed E-state index contributed by atoms with van der Waals surface area (Å²) < 4.78 is 32.4. The van der Waals surface area contributed by atoms with Crippen LogP contribution < -0.4 is 0 Å². The molecule has 0 heterocycles. The summed E-state index contributed by atoms with van der Waals surface area (Å²) in [5.41, 5.74) is 1.71. The van der Waals surface area contributed by atoms with Crippen molar-refractivity contribution in [2.45, 2.75) is 44.9 Å². The van der Waals surface area contributed by atoms with E-state index in [2.05, 4.69) is 0 Å². The highest BCUT2D eigenvalue weighted by molar-refractivity contribution is 5.75. The molecule has 1 saturated carbocycles. The summed E-state index contributed by atoms with van der Waals surface area (Å²) in [6.45, 7) is 2.13. The average Bonchev–Trinajstić information content (AvgIpc) is 2.69. The minimum atomic E-state index is -0.360. The highest BCUT2D eigenvalue weighted by Gasteiger charge is 2.38. The van der Waals surface area contributed by atoms with Gasteiger partial charge in [-0.1, -0.05) is 43.5 Å². The molecule has 3 rings (SSSR count). The summed E-state index contributed by atoms with van der Waals surface area (Å²) in [5.74, 6) is -1.29. The van der Waals surface area contributed by atoms with Crippen LogP contribution >= 0.6 is 0 Å². The van der Waals surface area contributed by atoms with Crippen LogP contribution in [0.4, 0.5) is 8.78 Å². The Balaban J connectivity index is 2.06. The number of carbonyl (C=O) groups is 1. The Kier molecular flexibility index (Phi) is 6.59. The van der Waals surface area contributed by atoms with Crippen molar-refractivity contribution in [3.05, 3.63) is 71.3 Å². The Morgan fingerprint density at radius 3 is 1.85 bits per heavy atom. The number of benzene rings is 2. The van der Waals surface area contributed by atoms with E-state index in [1.807, 2.05) is 0 Å². The molecule has 1 fully saturated rings. The van der Waals surface area contributed by atoms with Crippen molar-refractivity contribution in [1.82, 2.24) is 0 Å². The van der Waals surface area contributed by atoms with Gasteiger partial charge in [0.2, 0.25) is 0 Å². The lowest BCUT2D eigenvalue weighted by atomic mass is 9.69. The molecule has 2 aromatic rings. The maximum atomic E-state index is 13.5. The first-order valence-corrected chi connectivity index (χ1v) is 9.77. The van der Waals surface area contributed by atoms with Crippen molar-refractivity contribution >= 4 is 5.97 Å². The molecule has 0 spiro atoms. The zero-order valence-corrected chi connectivity index (χ0v) is 15.7. The Morgan fingerprint density at radius 2 is 1.41 bits per heavy atom. The Labute approximate surface area is 159 Å². The lowest BCUT2D eigenvalue weighted by molar-refractivity contribution is -0.151. The number of halogens is 2. The molecule has 0 saturated heterocycles. The van der Waals surface area contributed by atoms with Crippen molar-refractivity contribution < 1.29 is 18.3 Å². The van der Waals surface area contributed by atoms with Gasteiger partial charge < -0.3 is 4.74 Å². The molecule has 0 aliphatic heterocycles. The average molecular weight is 372 g/mol. The van der Waals surface area contributed by atoms with Crippen molar-refractivity contribution in [2.24, 2.45) is 11.8 Å². The monoisotopic (exact) mass is 372 g/mol. The molecule has 2 nitrogen and oxygen atoms in total. The van der Waals surface area contributed by atoms with E-state index in [-0.39, 0.29) is 35.4 Å². The molecule has 0 radical (unpaired) electrons. The fourth-order valence-electron chi connectivity index (χ4n) is 4.28. The second-order valence-electron chi connectivity index (χ2n) is 7.26. The van der Waals surface area contributed by atoms with Gasteiger partial charge in [0.25, 0.3) is 0 Å². The molecule has 1 unspecified atom stereocenters. The van der Waals surface area contributed by atoms with Crippen LogP contribution in [0.2, 0.25) is 0 Å². The molecule has 0 N–H and O–H groups in total. The van der Waals surface area contributed by atoms with E-state index < -0.39 is 0 Å². The molecular formula is C23H26F2O2. The van der Waals surface area contributed by atoms with E-state index in [0.717, 1.165) is 36.8 Å². The maximum absolute atomic E-state index is 13.5. The SMILES string of the molecule is CCOC(=O)C(C1CCCCC1)C(c1ccc(F)cc1)c1ccc(F)cc1. The first-order chi connectivity index (χ1) is 13.1. The summed E-state index contributed by atoms with van der Waals surface area (Å²) in [6, 6.07) is 12.5. The van der Waals surface area contributed by atoms with E-state index in [0.29, 0.717) is 6.61 Å². The summed E-state index contributed by atoms with van der Waals surface area (Å²) in [7, 11) is 0. The van der Waals surface area contributed by atoms with E-state index in [1.54, 1.807) is 31.2 Å². The third-order valence-corrected chi connectivity index (χ3v) is 5.53. The molecule has 27 heavy (non-hydrogen) atoms. The Morgan fingerprint density at radius 1 is 0.926 bits per heavy atom. The number of hydrogen-bond acceptors (Lipinski definition) is 2. The fourth-order valence-corrected chi connectivity index (χ4v) is 4.28. The molecule has 0 aromatic heterocycles. The van der Waals surface area contributed by atoms with Crippen LogP contribution in [0.3, 0.4) is 0 Å². The van der Waals surface area contributed by atoms with Gasteiger partial charge in [-0.2, -0.15) is 0 Å². The standard InChI is InChI=1S/C23H26F2O2/c1-2-27-23(26)22(16-6-4-3-5-7-16)21(17-8-12-19(24)13-9-17)18-10-14-20(25)15-11-18/h8-16,21-22H,2-7H2,1H3. The zero-order chi connectivity index (χ0) is 19.2. The second-order valence-corrected chi connectivity index (χ2v) is 7.26. The van der Waals surface area contributed by atoms with Crippen LogP contribution in [0, 0.1) is 23.5 Å². The van der Waals surface area contributed by atoms with Gasteiger partial charge in [-0.3, -0.25) is 4.79 Å². The lowest BCUT2D eigenvalue weighted by Gasteiger charge is -2.35. The van der Waals surface area contributed by atoms with Gasteiger partial charge >= 0.3 is 5.97 Å². The van der Waals surface area contributed by atoms with E-state index in [1.165, 1.54) is 30.7 Å². The molecule has 1 aliphatic carbocycles. The molecule has 4 heteroatoms. The van der Waals surface area contributed by atoms with E-state index in [4.69, 9.17) is 4.74 Å². The number of esters is 1. The predicted octanol–water partition coefficient (Wildman–Crippen LogP) is 5.86. The zero-order valence-electron chi connectivity index (χ0n) is 15.7. The number of ether oxygens (including phenoxy) is 1. The Hall–Kier alpha value is -2.23. The number of carbonyl (C=O) groups excluding carboxylic acids is 1. The smallest absolute Gasteiger partial charge is 0.310 e. The Bertz CT molecular complexity index is 688. The third kappa shape index (κ3) is 4.74. The molecule has 0 bridgehead atoms.